The number of anilines is 1. The fraction of sp³-hybridized carbons (Fsp3) is 0.467. The maximum Gasteiger partial charge on any atom is 0.299 e. The Labute approximate surface area is 131 Å². The molecule has 0 atom stereocenters. The number of amides is 1. The lowest BCUT2D eigenvalue weighted by atomic mass is 10.1. The van der Waals surface area contributed by atoms with E-state index in [1.54, 1.807) is 0 Å². The third-order valence-corrected chi connectivity index (χ3v) is 3.83. The SMILES string of the molecule is CC(C)(C)NCCCN1C(=O)C(=O)c2cc(Br)c(F)cc21. The highest BCUT2D eigenvalue weighted by atomic mass is 79.9. The Morgan fingerprint density at radius 1 is 1.29 bits per heavy atom. The fourth-order valence-electron chi connectivity index (χ4n) is 2.21. The molecule has 6 heteroatoms. The highest BCUT2D eigenvalue weighted by Crippen LogP contribution is 2.33. The summed E-state index contributed by atoms with van der Waals surface area (Å²) in [6.45, 7) is 7.27. The number of benzene rings is 1. The molecule has 1 amide bonds. The first-order valence-corrected chi connectivity index (χ1v) is 7.60. The number of carbonyl (C=O) groups is 2. The van der Waals surface area contributed by atoms with E-state index >= 15 is 0 Å². The molecular weight excluding hydrogens is 339 g/mol. The van der Waals surface area contributed by atoms with Crippen LogP contribution in [0.15, 0.2) is 16.6 Å². The molecule has 0 aromatic heterocycles. The highest BCUT2D eigenvalue weighted by molar-refractivity contribution is 9.10. The molecule has 114 valence electrons. The van der Waals surface area contributed by atoms with Crippen molar-refractivity contribution in [2.75, 3.05) is 18.0 Å². The summed E-state index contributed by atoms with van der Waals surface area (Å²) < 4.78 is 13.8. The van der Waals surface area contributed by atoms with E-state index in [1.165, 1.54) is 17.0 Å². The zero-order chi connectivity index (χ0) is 15.8. The second-order valence-electron chi connectivity index (χ2n) is 6.10. The van der Waals surface area contributed by atoms with Gasteiger partial charge >= 0.3 is 0 Å². The van der Waals surface area contributed by atoms with Crippen molar-refractivity contribution in [3.8, 4) is 0 Å². The quantitative estimate of drug-likeness (QED) is 0.666. The van der Waals surface area contributed by atoms with Crippen molar-refractivity contribution in [3.05, 3.63) is 28.0 Å². The Balaban J connectivity index is 2.10. The summed E-state index contributed by atoms with van der Waals surface area (Å²) in [5, 5.41) is 3.31. The Kier molecular flexibility index (Phi) is 4.49. The van der Waals surface area contributed by atoms with Gasteiger partial charge in [-0.05, 0) is 61.8 Å². The largest absolute Gasteiger partial charge is 0.312 e. The maximum atomic E-state index is 13.6. The Morgan fingerprint density at radius 2 is 1.95 bits per heavy atom. The molecule has 0 unspecified atom stereocenters. The van der Waals surface area contributed by atoms with Crippen LogP contribution in [0.25, 0.3) is 0 Å². The molecule has 0 saturated carbocycles. The van der Waals surface area contributed by atoms with Gasteiger partial charge in [0.15, 0.2) is 0 Å². The molecule has 0 aliphatic carbocycles. The van der Waals surface area contributed by atoms with Crippen molar-refractivity contribution in [3.63, 3.8) is 0 Å². The molecule has 21 heavy (non-hydrogen) atoms. The van der Waals surface area contributed by atoms with Crippen LogP contribution in [-0.2, 0) is 4.79 Å². The summed E-state index contributed by atoms with van der Waals surface area (Å²) >= 11 is 3.03. The predicted molar refractivity (Wildman–Crippen MR) is 83.2 cm³/mol. The highest BCUT2D eigenvalue weighted by Gasteiger charge is 2.36. The van der Waals surface area contributed by atoms with Crippen LogP contribution in [-0.4, -0.2) is 30.3 Å². The standard InChI is InChI=1S/C15H18BrFN2O2/c1-15(2,3)18-5-4-6-19-12-8-11(17)10(16)7-9(12)13(20)14(19)21/h7-8,18H,4-6H2,1-3H3. The van der Waals surface area contributed by atoms with Gasteiger partial charge in [-0.3, -0.25) is 9.59 Å². The molecular formula is C15H18BrFN2O2. The molecule has 0 spiro atoms. The van der Waals surface area contributed by atoms with Gasteiger partial charge in [0, 0.05) is 12.1 Å². The molecule has 0 saturated heterocycles. The molecule has 0 fully saturated rings. The first-order valence-electron chi connectivity index (χ1n) is 6.81. The van der Waals surface area contributed by atoms with Crippen molar-refractivity contribution < 1.29 is 14.0 Å². The minimum atomic E-state index is -0.585. The number of ketones is 1. The number of nitrogens with one attached hydrogen (secondary N) is 1. The van der Waals surface area contributed by atoms with Gasteiger partial charge in [-0.25, -0.2) is 4.39 Å². The van der Waals surface area contributed by atoms with Crippen molar-refractivity contribution >= 4 is 33.3 Å². The summed E-state index contributed by atoms with van der Waals surface area (Å²) in [6.07, 6.45) is 0.688. The van der Waals surface area contributed by atoms with Crippen LogP contribution < -0.4 is 10.2 Å². The van der Waals surface area contributed by atoms with Crippen molar-refractivity contribution in [2.24, 2.45) is 0 Å². The first-order chi connectivity index (χ1) is 9.70. The maximum absolute atomic E-state index is 13.6. The van der Waals surface area contributed by atoms with Crippen LogP contribution in [0.5, 0.6) is 0 Å². The monoisotopic (exact) mass is 356 g/mol. The number of Topliss-reactive ketones (excluding diaryl/α,β-unsaturated/α-hetero) is 1. The van der Waals surface area contributed by atoms with Crippen molar-refractivity contribution in [1.29, 1.82) is 0 Å². The van der Waals surface area contributed by atoms with Crippen LogP contribution in [0.1, 0.15) is 37.6 Å². The second kappa shape index (κ2) is 5.85. The van der Waals surface area contributed by atoms with Crippen molar-refractivity contribution in [2.45, 2.75) is 32.7 Å². The van der Waals surface area contributed by atoms with Gasteiger partial charge in [-0.1, -0.05) is 0 Å². The van der Waals surface area contributed by atoms with E-state index in [0.29, 0.717) is 18.7 Å². The third kappa shape index (κ3) is 3.49. The summed E-state index contributed by atoms with van der Waals surface area (Å²) in [6, 6.07) is 2.61. The van der Waals surface area contributed by atoms with Gasteiger partial charge in [-0.15, -0.1) is 0 Å². The lowest BCUT2D eigenvalue weighted by Crippen LogP contribution is -2.38. The van der Waals surface area contributed by atoms with Crippen molar-refractivity contribution in [1.82, 2.24) is 5.32 Å². The summed E-state index contributed by atoms with van der Waals surface area (Å²) in [5.41, 5.74) is 0.623. The number of fused-ring (bicyclic) bond motifs is 1. The van der Waals surface area contributed by atoms with Gasteiger partial charge < -0.3 is 10.2 Å². The molecule has 0 bridgehead atoms. The lowest BCUT2D eigenvalue weighted by Gasteiger charge is -2.22. The number of nitrogens with zero attached hydrogens (tertiary/aromatic N) is 1. The van der Waals surface area contributed by atoms with Crippen LogP contribution in [0.2, 0.25) is 0 Å². The topological polar surface area (TPSA) is 49.4 Å². The van der Waals surface area contributed by atoms with E-state index in [0.717, 1.165) is 6.54 Å². The number of hydrogen-bond acceptors (Lipinski definition) is 3. The molecule has 1 aliphatic rings. The average molecular weight is 357 g/mol. The number of carbonyl (C=O) groups excluding carboxylic acids is 2. The van der Waals surface area contributed by atoms with Gasteiger partial charge in [0.1, 0.15) is 5.82 Å². The second-order valence-corrected chi connectivity index (χ2v) is 6.95. The Morgan fingerprint density at radius 3 is 2.57 bits per heavy atom. The minimum Gasteiger partial charge on any atom is -0.312 e. The van der Waals surface area contributed by atoms with Crippen LogP contribution in [0, 0.1) is 5.82 Å². The minimum absolute atomic E-state index is 0.000281. The summed E-state index contributed by atoms with van der Waals surface area (Å²) in [5.74, 6) is -1.64. The predicted octanol–water partition coefficient (Wildman–Crippen LogP) is 2.90. The Hall–Kier alpha value is -1.27. The van der Waals surface area contributed by atoms with Gasteiger partial charge in [0.2, 0.25) is 0 Å². The molecule has 1 aromatic carbocycles. The van der Waals surface area contributed by atoms with E-state index in [2.05, 4.69) is 42.0 Å². The first kappa shape index (κ1) is 16.1. The van der Waals surface area contributed by atoms with E-state index in [-0.39, 0.29) is 15.6 Å². The average Bonchev–Trinajstić information content (AvgIpc) is 2.59. The molecule has 1 aliphatic heterocycles. The number of halogens is 2. The smallest absolute Gasteiger partial charge is 0.299 e. The zero-order valence-corrected chi connectivity index (χ0v) is 13.9. The number of hydrogen-bond donors (Lipinski definition) is 1. The van der Waals surface area contributed by atoms with Gasteiger partial charge in [0.05, 0.1) is 15.7 Å². The van der Waals surface area contributed by atoms with E-state index in [4.69, 9.17) is 0 Å². The third-order valence-electron chi connectivity index (χ3n) is 3.23. The molecule has 1 aromatic rings. The molecule has 0 radical (unpaired) electrons. The summed E-state index contributed by atoms with van der Waals surface area (Å²) in [4.78, 5) is 25.3. The van der Waals surface area contributed by atoms with Crippen LogP contribution >= 0.6 is 15.9 Å². The normalized spacial score (nSPS) is 14.8. The van der Waals surface area contributed by atoms with E-state index < -0.39 is 17.5 Å². The molecule has 2 rings (SSSR count). The zero-order valence-electron chi connectivity index (χ0n) is 12.3. The van der Waals surface area contributed by atoms with Crippen LogP contribution in [0.3, 0.4) is 0 Å². The number of rotatable bonds is 4. The summed E-state index contributed by atoms with van der Waals surface area (Å²) in [7, 11) is 0. The van der Waals surface area contributed by atoms with E-state index in [9.17, 15) is 14.0 Å². The molecule has 1 N–H and O–H groups in total. The Bertz CT molecular complexity index is 596. The fourth-order valence-corrected chi connectivity index (χ4v) is 2.55. The van der Waals surface area contributed by atoms with Crippen LogP contribution in [0.4, 0.5) is 10.1 Å². The molecule has 4 nitrogen and oxygen atoms in total. The van der Waals surface area contributed by atoms with Gasteiger partial charge in [-0.2, -0.15) is 0 Å². The van der Waals surface area contributed by atoms with E-state index in [1.807, 2.05) is 0 Å². The molecule has 1 heterocycles. The lowest BCUT2D eigenvalue weighted by molar-refractivity contribution is -0.114. The van der Waals surface area contributed by atoms with Gasteiger partial charge in [0.25, 0.3) is 11.7 Å².